The van der Waals surface area contributed by atoms with Crippen molar-refractivity contribution in [1.29, 1.82) is 0 Å². The Morgan fingerprint density at radius 2 is 1.86 bits per heavy atom. The van der Waals surface area contributed by atoms with Gasteiger partial charge in [-0.15, -0.1) is 0 Å². The number of rotatable bonds is 9. The van der Waals surface area contributed by atoms with Crippen LogP contribution in [0.4, 0.5) is 0 Å². The number of nitrogens with zero attached hydrogens (tertiary/aromatic N) is 2. The van der Waals surface area contributed by atoms with Crippen LogP contribution < -0.4 is 10.1 Å². The Labute approximate surface area is 221 Å². The third kappa shape index (κ3) is 7.63. The van der Waals surface area contributed by atoms with Gasteiger partial charge in [0, 0.05) is 18.7 Å². The summed E-state index contributed by atoms with van der Waals surface area (Å²) >= 11 is 12.3. The molecule has 2 aromatic rings. The predicted octanol–water partition coefficient (Wildman–Crippen LogP) is 4.67. The number of nitrogens with one attached hydrogen (secondary N) is 1. The largest absolute Gasteiger partial charge is 0.492 e. The summed E-state index contributed by atoms with van der Waals surface area (Å²) in [5.41, 5.74) is -0.230. The van der Waals surface area contributed by atoms with E-state index in [1.54, 1.807) is 35.9 Å². The Balaban J connectivity index is 1.75. The van der Waals surface area contributed by atoms with E-state index in [2.05, 4.69) is 22.1 Å². The van der Waals surface area contributed by atoms with E-state index in [-0.39, 0.29) is 47.6 Å². The molecule has 0 atom stereocenters. The van der Waals surface area contributed by atoms with Crippen LogP contribution in [0.1, 0.15) is 55.7 Å². The second kappa shape index (κ2) is 12.5. The summed E-state index contributed by atoms with van der Waals surface area (Å²) in [6.07, 6.45) is 2.73. The molecule has 1 aromatic carbocycles. The molecular weight excluding hydrogens is 505 g/mol. The molecular formula is C26H31Cl2N3O5. The summed E-state index contributed by atoms with van der Waals surface area (Å²) in [7, 11) is 1.56. The number of halogens is 2. The van der Waals surface area contributed by atoms with Crippen LogP contribution in [0.5, 0.6) is 5.75 Å². The van der Waals surface area contributed by atoms with Gasteiger partial charge in [0.2, 0.25) is 5.28 Å². The van der Waals surface area contributed by atoms with Gasteiger partial charge in [0.05, 0.1) is 12.5 Å². The number of carboxylic acids is 1. The van der Waals surface area contributed by atoms with Gasteiger partial charge in [-0.2, -0.15) is 0 Å². The molecule has 8 nitrogen and oxygen atoms in total. The molecule has 1 aromatic heterocycles. The van der Waals surface area contributed by atoms with Crippen LogP contribution in [-0.4, -0.2) is 52.4 Å². The molecule has 1 fully saturated rings. The summed E-state index contributed by atoms with van der Waals surface area (Å²) in [6.45, 7) is 4.58. The molecule has 3 rings (SSSR count). The summed E-state index contributed by atoms with van der Waals surface area (Å²) in [5.74, 6) is 5.38. The van der Waals surface area contributed by atoms with Crippen LogP contribution in [0.15, 0.2) is 24.3 Å². The maximum absolute atomic E-state index is 13.3. The molecule has 0 saturated heterocycles. The Morgan fingerprint density at radius 1 is 1.19 bits per heavy atom. The van der Waals surface area contributed by atoms with Crippen molar-refractivity contribution in [3.8, 4) is 17.6 Å². The Morgan fingerprint density at radius 3 is 2.47 bits per heavy atom. The van der Waals surface area contributed by atoms with Gasteiger partial charge in [0.15, 0.2) is 0 Å². The lowest BCUT2D eigenvalue weighted by molar-refractivity contribution is -0.143. The van der Waals surface area contributed by atoms with Gasteiger partial charge in [-0.05, 0) is 87.2 Å². The minimum Gasteiger partial charge on any atom is -0.492 e. The highest BCUT2D eigenvalue weighted by molar-refractivity contribution is 6.30. The quantitative estimate of drug-likeness (QED) is 0.452. The first-order chi connectivity index (χ1) is 17.1. The first kappa shape index (κ1) is 27.9. The van der Waals surface area contributed by atoms with Crippen molar-refractivity contribution < 1.29 is 24.2 Å². The van der Waals surface area contributed by atoms with Gasteiger partial charge in [-0.1, -0.05) is 17.5 Å². The number of hydrogen-bond acceptors (Lipinski definition) is 5. The highest BCUT2D eigenvalue weighted by Gasteiger charge is 2.27. The SMILES string of the molecule is COC(C)(C)C#Cc1nc(Cl)n(CCOc2ccc(Cl)cc2)c1C(=O)NC[C@H]1CC[C@H](C(=O)O)CC1. The minimum absolute atomic E-state index is 0.126. The number of benzene rings is 1. The van der Waals surface area contributed by atoms with Crippen molar-refractivity contribution in [2.75, 3.05) is 20.3 Å². The molecule has 10 heteroatoms. The van der Waals surface area contributed by atoms with Crippen molar-refractivity contribution in [1.82, 2.24) is 14.9 Å². The Kier molecular flexibility index (Phi) is 9.66. The summed E-state index contributed by atoms with van der Waals surface area (Å²) in [6, 6.07) is 6.98. The summed E-state index contributed by atoms with van der Waals surface area (Å²) in [5, 5.41) is 12.9. The zero-order valence-electron chi connectivity index (χ0n) is 20.6. The van der Waals surface area contributed by atoms with Gasteiger partial charge in [0.25, 0.3) is 5.91 Å². The fourth-order valence-electron chi connectivity index (χ4n) is 3.93. The number of imidazole rings is 1. The van der Waals surface area contributed by atoms with E-state index >= 15 is 0 Å². The Hall–Kier alpha value is -2.73. The lowest BCUT2D eigenvalue weighted by Crippen LogP contribution is -2.34. The zero-order chi connectivity index (χ0) is 26.3. The van der Waals surface area contributed by atoms with Gasteiger partial charge in [-0.3, -0.25) is 9.59 Å². The van der Waals surface area contributed by atoms with Crippen LogP contribution in [-0.2, 0) is 16.1 Å². The van der Waals surface area contributed by atoms with Gasteiger partial charge in [-0.25, -0.2) is 4.98 Å². The topological polar surface area (TPSA) is 103 Å². The number of carboxylic acid groups (broad SMARTS) is 1. The first-order valence-electron chi connectivity index (χ1n) is 11.8. The van der Waals surface area contributed by atoms with Crippen LogP contribution in [0.2, 0.25) is 10.3 Å². The molecule has 0 aliphatic heterocycles. The molecule has 1 heterocycles. The molecule has 0 bridgehead atoms. The third-order valence-corrected chi connectivity index (χ3v) is 6.81. The molecule has 36 heavy (non-hydrogen) atoms. The molecule has 194 valence electrons. The van der Waals surface area contributed by atoms with Crippen molar-refractivity contribution in [2.45, 2.75) is 51.7 Å². The number of ether oxygens (including phenoxy) is 2. The van der Waals surface area contributed by atoms with E-state index in [0.29, 0.717) is 30.2 Å². The molecule has 1 aliphatic rings. The highest BCUT2D eigenvalue weighted by atomic mass is 35.5. The number of amides is 1. The number of aromatic nitrogens is 2. The standard InChI is InChI=1S/C26H31Cl2N3O5/c1-26(2,35-3)13-12-21-22(23(32)29-16-17-4-6-18(7-5-17)24(33)34)31(25(28)30-21)14-15-36-20-10-8-19(27)9-11-20/h8-11,17-18H,4-7,14-16H2,1-3H3,(H,29,32)(H,33,34)/t17-,18-. The van der Waals surface area contributed by atoms with E-state index in [1.807, 2.05) is 13.8 Å². The number of aliphatic carboxylic acids is 1. The minimum atomic E-state index is -0.751. The first-order valence-corrected chi connectivity index (χ1v) is 12.6. The smallest absolute Gasteiger partial charge is 0.306 e. The lowest BCUT2D eigenvalue weighted by atomic mass is 9.82. The molecule has 2 N–H and O–H groups in total. The van der Waals surface area contributed by atoms with E-state index in [4.69, 9.17) is 32.7 Å². The monoisotopic (exact) mass is 535 g/mol. The number of carbonyl (C=O) groups is 2. The molecule has 1 saturated carbocycles. The second-order valence-corrected chi connectivity index (χ2v) is 10.0. The third-order valence-electron chi connectivity index (χ3n) is 6.27. The molecule has 1 aliphatic carbocycles. The van der Waals surface area contributed by atoms with E-state index in [9.17, 15) is 14.7 Å². The average molecular weight is 536 g/mol. The van der Waals surface area contributed by atoms with E-state index < -0.39 is 11.6 Å². The van der Waals surface area contributed by atoms with Crippen molar-refractivity contribution in [2.24, 2.45) is 11.8 Å². The molecule has 0 unspecified atom stereocenters. The fraction of sp³-hybridized carbons (Fsp3) is 0.500. The normalized spacial score (nSPS) is 17.7. The maximum atomic E-state index is 13.3. The van der Waals surface area contributed by atoms with E-state index in [0.717, 1.165) is 12.8 Å². The number of carbonyl (C=O) groups excluding carboxylic acids is 1. The van der Waals surface area contributed by atoms with E-state index in [1.165, 1.54) is 0 Å². The number of hydrogen-bond donors (Lipinski definition) is 2. The molecule has 0 spiro atoms. The zero-order valence-corrected chi connectivity index (χ0v) is 22.2. The van der Waals surface area contributed by atoms with Crippen LogP contribution >= 0.6 is 23.2 Å². The predicted molar refractivity (Wildman–Crippen MR) is 138 cm³/mol. The second-order valence-electron chi connectivity index (χ2n) is 9.26. The van der Waals surface area contributed by atoms with Crippen LogP contribution in [0.3, 0.4) is 0 Å². The molecule has 1 amide bonds. The number of methoxy groups -OCH3 is 1. The molecule has 0 radical (unpaired) electrons. The summed E-state index contributed by atoms with van der Waals surface area (Å²) in [4.78, 5) is 28.8. The van der Waals surface area contributed by atoms with Crippen molar-refractivity contribution in [3.05, 3.63) is 46.0 Å². The fourth-order valence-corrected chi connectivity index (χ4v) is 4.31. The lowest BCUT2D eigenvalue weighted by Gasteiger charge is -2.26. The van der Waals surface area contributed by atoms with Crippen molar-refractivity contribution >= 4 is 35.1 Å². The van der Waals surface area contributed by atoms with Crippen LogP contribution in [0, 0.1) is 23.7 Å². The van der Waals surface area contributed by atoms with Crippen molar-refractivity contribution in [3.63, 3.8) is 0 Å². The highest BCUT2D eigenvalue weighted by Crippen LogP contribution is 2.28. The Bertz CT molecular complexity index is 1130. The summed E-state index contributed by atoms with van der Waals surface area (Å²) < 4.78 is 12.7. The van der Waals surface area contributed by atoms with Crippen LogP contribution in [0.25, 0.3) is 0 Å². The maximum Gasteiger partial charge on any atom is 0.306 e. The van der Waals surface area contributed by atoms with Gasteiger partial charge in [0.1, 0.15) is 29.3 Å². The van der Waals surface area contributed by atoms with Gasteiger partial charge < -0.3 is 24.5 Å². The average Bonchev–Trinajstić information content (AvgIpc) is 3.18. The van der Waals surface area contributed by atoms with Gasteiger partial charge >= 0.3 is 5.97 Å².